The zero-order valence-electron chi connectivity index (χ0n) is 49.4. The fraction of sp³-hybridized carbons (Fsp3) is 0.910. The molecule has 0 aromatic carbocycles. The van der Waals surface area contributed by atoms with Crippen LogP contribution >= 0.6 is 0 Å². The first-order valence-electron chi connectivity index (χ1n) is 33.1. The average Bonchev–Trinajstić information content (AvgIpc) is 3.39. The maximum atomic E-state index is 12.5. The number of aliphatic hydroxyl groups excluding tert-OH is 2. The normalized spacial score (nSPS) is 12.7. The molecule has 0 fully saturated rings. The molecule has 0 aliphatic rings. The van der Waals surface area contributed by atoms with Crippen LogP contribution in [0.4, 0.5) is 0 Å². The molecule has 1 amide bonds. The Kier molecular flexibility index (Phi) is 61.4. The Hall–Kier alpha value is -1.66. The van der Waals surface area contributed by atoms with Crippen LogP contribution in [0.5, 0.6) is 0 Å². The van der Waals surface area contributed by atoms with Crippen molar-refractivity contribution in [3.63, 3.8) is 0 Å². The zero-order chi connectivity index (χ0) is 52.9. The number of nitrogens with one attached hydrogen (secondary N) is 1. The van der Waals surface area contributed by atoms with Crippen LogP contribution in [0.25, 0.3) is 0 Å². The lowest BCUT2D eigenvalue weighted by atomic mass is 10.0. The van der Waals surface area contributed by atoms with Crippen molar-refractivity contribution in [1.82, 2.24) is 5.32 Å². The highest BCUT2D eigenvalue weighted by atomic mass is 16.5. The molecule has 0 aliphatic carbocycles. The minimum absolute atomic E-state index is 0.0140. The van der Waals surface area contributed by atoms with E-state index in [2.05, 4.69) is 43.5 Å². The van der Waals surface area contributed by atoms with Gasteiger partial charge in [-0.15, -0.1) is 0 Å². The summed E-state index contributed by atoms with van der Waals surface area (Å²) in [6, 6.07) is -0.541. The summed E-state index contributed by atoms with van der Waals surface area (Å²) >= 11 is 0. The van der Waals surface area contributed by atoms with Crippen LogP contribution in [-0.2, 0) is 14.3 Å². The van der Waals surface area contributed by atoms with Crippen molar-refractivity contribution in [2.45, 2.75) is 379 Å². The highest BCUT2D eigenvalue weighted by Gasteiger charge is 2.20. The molecule has 0 spiro atoms. The molecule has 0 saturated heterocycles. The highest BCUT2D eigenvalue weighted by Crippen LogP contribution is 2.18. The lowest BCUT2D eigenvalue weighted by Crippen LogP contribution is -2.45. The lowest BCUT2D eigenvalue weighted by Gasteiger charge is -2.22. The topological polar surface area (TPSA) is 95.9 Å². The maximum absolute atomic E-state index is 12.5. The first-order valence-corrected chi connectivity index (χ1v) is 33.1. The Morgan fingerprint density at radius 1 is 0.384 bits per heavy atom. The van der Waals surface area contributed by atoms with Gasteiger partial charge < -0.3 is 20.3 Å². The molecule has 0 aliphatic heterocycles. The Morgan fingerprint density at radius 3 is 1.04 bits per heavy atom. The van der Waals surface area contributed by atoms with Crippen LogP contribution in [0.3, 0.4) is 0 Å². The fourth-order valence-corrected chi connectivity index (χ4v) is 10.4. The Bertz CT molecular complexity index is 1140. The molecule has 0 rings (SSSR count). The number of unbranched alkanes of at least 4 members (excludes halogenated alkanes) is 47. The van der Waals surface area contributed by atoms with Gasteiger partial charge in [-0.2, -0.15) is 0 Å². The Labute approximate surface area is 456 Å². The van der Waals surface area contributed by atoms with Gasteiger partial charge in [-0.25, -0.2) is 0 Å². The minimum Gasteiger partial charge on any atom is -0.466 e. The number of hydrogen-bond acceptors (Lipinski definition) is 5. The summed E-state index contributed by atoms with van der Waals surface area (Å²) in [7, 11) is 0. The van der Waals surface area contributed by atoms with Crippen molar-refractivity contribution in [1.29, 1.82) is 0 Å². The predicted octanol–water partition coefficient (Wildman–Crippen LogP) is 21.0. The smallest absolute Gasteiger partial charge is 0.305 e. The number of allylic oxidation sites excluding steroid dienone is 4. The molecule has 6 nitrogen and oxygen atoms in total. The van der Waals surface area contributed by atoms with Crippen LogP contribution in [-0.4, -0.2) is 47.4 Å². The molecule has 0 bridgehead atoms. The van der Waals surface area contributed by atoms with Crippen molar-refractivity contribution < 1.29 is 24.5 Å². The van der Waals surface area contributed by atoms with Gasteiger partial charge in [-0.05, 0) is 57.8 Å². The molecular formula is C67H129NO5. The minimum atomic E-state index is -0.664. The van der Waals surface area contributed by atoms with Gasteiger partial charge in [0.2, 0.25) is 5.91 Å². The molecule has 0 saturated carbocycles. The summed E-state index contributed by atoms with van der Waals surface area (Å²) in [5, 5.41) is 23.3. The van der Waals surface area contributed by atoms with Crippen molar-refractivity contribution >= 4 is 11.9 Å². The second-order valence-corrected chi connectivity index (χ2v) is 22.8. The first kappa shape index (κ1) is 71.3. The number of amides is 1. The van der Waals surface area contributed by atoms with E-state index in [9.17, 15) is 19.8 Å². The van der Waals surface area contributed by atoms with Crippen LogP contribution in [0.15, 0.2) is 24.3 Å². The van der Waals surface area contributed by atoms with Gasteiger partial charge >= 0.3 is 5.97 Å². The third kappa shape index (κ3) is 59.4. The number of ether oxygens (including phenoxy) is 1. The van der Waals surface area contributed by atoms with Crippen LogP contribution < -0.4 is 5.32 Å². The third-order valence-electron chi connectivity index (χ3n) is 15.5. The number of esters is 1. The summed E-state index contributed by atoms with van der Waals surface area (Å²) in [5.41, 5.74) is 0. The zero-order valence-corrected chi connectivity index (χ0v) is 49.4. The van der Waals surface area contributed by atoms with Gasteiger partial charge in [0.05, 0.1) is 25.4 Å². The van der Waals surface area contributed by atoms with E-state index in [1.165, 1.54) is 289 Å². The summed E-state index contributed by atoms with van der Waals surface area (Å²) < 4.78 is 5.48. The van der Waals surface area contributed by atoms with Gasteiger partial charge in [0.15, 0.2) is 0 Å². The van der Waals surface area contributed by atoms with E-state index in [1.807, 2.05) is 0 Å². The van der Waals surface area contributed by atoms with Gasteiger partial charge in [0.1, 0.15) is 0 Å². The molecule has 2 unspecified atom stereocenters. The molecule has 432 valence electrons. The summed E-state index contributed by atoms with van der Waals surface area (Å²) in [4.78, 5) is 24.5. The highest BCUT2D eigenvalue weighted by molar-refractivity contribution is 5.76. The molecule has 0 heterocycles. The van der Waals surface area contributed by atoms with E-state index in [4.69, 9.17) is 4.74 Å². The standard InChI is InChI=1S/C67H129NO5/c1-3-5-7-9-11-13-15-17-36-39-43-47-51-55-59-65(70)64(63-69)68-66(71)60-56-52-48-44-40-37-33-31-29-27-25-23-21-19-18-20-22-24-26-28-30-32-34-38-42-46-50-54-58-62-73-67(72)61-57-53-49-45-41-35-16-14-12-10-8-6-4-2/h18,20,24,26,64-65,69-70H,3-17,19,21-23,25,27-63H2,1-2H3,(H,68,71)/b20-18-,26-24-. The monoisotopic (exact) mass is 1030 g/mol. The largest absolute Gasteiger partial charge is 0.466 e. The first-order chi connectivity index (χ1) is 36.0. The van der Waals surface area contributed by atoms with Crippen molar-refractivity contribution in [3.8, 4) is 0 Å². The number of carbonyl (C=O) groups is 2. The van der Waals surface area contributed by atoms with Gasteiger partial charge in [0, 0.05) is 12.8 Å². The van der Waals surface area contributed by atoms with E-state index in [0.717, 1.165) is 44.9 Å². The molecule has 0 aromatic heterocycles. The number of rotatable bonds is 62. The van der Waals surface area contributed by atoms with Gasteiger partial charge in [-0.1, -0.05) is 321 Å². The molecule has 73 heavy (non-hydrogen) atoms. The molecular weight excluding hydrogens is 899 g/mol. The van der Waals surface area contributed by atoms with Crippen LogP contribution in [0, 0.1) is 0 Å². The second-order valence-electron chi connectivity index (χ2n) is 22.8. The van der Waals surface area contributed by atoms with Gasteiger partial charge in [-0.3, -0.25) is 9.59 Å². The summed E-state index contributed by atoms with van der Waals surface area (Å²) in [5.74, 6) is -0.0200. The third-order valence-corrected chi connectivity index (χ3v) is 15.5. The second kappa shape index (κ2) is 62.9. The van der Waals surface area contributed by atoms with Gasteiger partial charge in [0.25, 0.3) is 0 Å². The quantitative estimate of drug-likeness (QED) is 0.0320. The average molecular weight is 1030 g/mol. The Balaban J connectivity index is 3.39. The van der Waals surface area contributed by atoms with Crippen molar-refractivity contribution in [2.75, 3.05) is 13.2 Å². The number of hydrogen-bond donors (Lipinski definition) is 3. The van der Waals surface area contributed by atoms with Crippen molar-refractivity contribution in [2.24, 2.45) is 0 Å². The molecule has 0 radical (unpaired) electrons. The molecule has 3 N–H and O–H groups in total. The lowest BCUT2D eigenvalue weighted by molar-refractivity contribution is -0.143. The summed E-state index contributed by atoms with van der Waals surface area (Å²) in [6.45, 7) is 4.97. The summed E-state index contributed by atoms with van der Waals surface area (Å²) in [6.07, 6.45) is 77.8. The van der Waals surface area contributed by atoms with Crippen LogP contribution in [0.2, 0.25) is 0 Å². The molecule has 6 heteroatoms. The fourth-order valence-electron chi connectivity index (χ4n) is 10.4. The maximum Gasteiger partial charge on any atom is 0.305 e. The molecule has 2 atom stereocenters. The van der Waals surface area contributed by atoms with Crippen molar-refractivity contribution in [3.05, 3.63) is 24.3 Å². The van der Waals surface area contributed by atoms with E-state index in [-0.39, 0.29) is 18.5 Å². The van der Waals surface area contributed by atoms with E-state index >= 15 is 0 Å². The van der Waals surface area contributed by atoms with E-state index in [0.29, 0.717) is 25.9 Å². The van der Waals surface area contributed by atoms with E-state index in [1.54, 1.807) is 0 Å². The number of carbonyl (C=O) groups excluding carboxylic acids is 2. The SMILES string of the molecule is CCCCCCCCCCCCCCCCC(O)C(CO)NC(=O)CCCCCCCCCCCCCCC/C=C\C/C=C\CCCCCCCCCCCOC(=O)CCCCCCCCCCCCCCC. The number of aliphatic hydroxyl groups is 2. The molecule has 0 aromatic rings. The predicted molar refractivity (Wildman–Crippen MR) is 320 cm³/mol. The Morgan fingerprint density at radius 2 is 0.685 bits per heavy atom. The van der Waals surface area contributed by atoms with Crippen LogP contribution in [0.1, 0.15) is 367 Å². The van der Waals surface area contributed by atoms with E-state index < -0.39 is 12.1 Å².